The molecule has 26 heavy (non-hydrogen) atoms. The van der Waals surface area contributed by atoms with E-state index < -0.39 is 16.1 Å². The second kappa shape index (κ2) is 14.7. The molecule has 0 saturated heterocycles. The van der Waals surface area contributed by atoms with Crippen molar-refractivity contribution in [3.63, 3.8) is 0 Å². The second-order valence-corrected chi connectivity index (χ2v) is 19.5. The van der Waals surface area contributed by atoms with Crippen LogP contribution in [-0.2, 0) is 0 Å². The Bertz CT molecular complexity index is 307. The first-order valence-corrected chi connectivity index (χ1v) is 17.1. The van der Waals surface area contributed by atoms with E-state index in [4.69, 9.17) is 0 Å². The van der Waals surface area contributed by atoms with Gasteiger partial charge in [0.05, 0.1) is 16.1 Å². The molecular formula is C21H48N2OSi2. The number of hydrogen-bond acceptors (Lipinski definition) is 1. The second-order valence-electron chi connectivity index (χ2n) is 8.22. The minimum atomic E-state index is -0.975. The van der Waals surface area contributed by atoms with Crippen LogP contribution in [0.1, 0.15) is 67.2 Å². The molecule has 0 aromatic heterocycles. The van der Waals surface area contributed by atoms with Gasteiger partial charge in [0.25, 0.3) is 0 Å². The van der Waals surface area contributed by atoms with E-state index in [1.807, 2.05) is 0 Å². The van der Waals surface area contributed by atoms with Crippen LogP contribution >= 0.6 is 0 Å². The smallest absolute Gasteiger partial charge is 0.314 e. The molecule has 156 valence electrons. The average Bonchev–Trinajstić information content (AvgIpc) is 2.68. The molecule has 0 atom stereocenters. The van der Waals surface area contributed by atoms with E-state index in [-0.39, 0.29) is 6.03 Å². The first-order chi connectivity index (χ1) is 12.5. The van der Waals surface area contributed by atoms with Crippen LogP contribution in [0.5, 0.6) is 0 Å². The van der Waals surface area contributed by atoms with Gasteiger partial charge in [-0.2, -0.15) is 0 Å². The van der Waals surface area contributed by atoms with Gasteiger partial charge in [0.15, 0.2) is 0 Å². The molecule has 0 radical (unpaired) electrons. The number of carbonyl (C=O) groups excluding carboxylic acids is 1. The van der Waals surface area contributed by atoms with Gasteiger partial charge in [-0.25, -0.2) is 4.79 Å². The molecule has 0 aliphatic rings. The predicted molar refractivity (Wildman–Crippen MR) is 124 cm³/mol. The highest BCUT2D eigenvalue weighted by atomic mass is 28.3. The van der Waals surface area contributed by atoms with Crippen LogP contribution in [0.2, 0.25) is 48.4 Å². The molecule has 0 fully saturated rings. The third kappa shape index (κ3) is 9.58. The molecule has 2 amide bonds. The van der Waals surface area contributed by atoms with Crippen LogP contribution in [0, 0.1) is 0 Å². The van der Waals surface area contributed by atoms with E-state index in [2.05, 4.69) is 52.2 Å². The molecule has 0 unspecified atom stereocenters. The third-order valence-electron chi connectivity index (χ3n) is 7.34. The lowest BCUT2D eigenvalue weighted by Crippen LogP contribution is -2.37. The Labute approximate surface area is 166 Å². The van der Waals surface area contributed by atoms with Gasteiger partial charge in [-0.15, -0.1) is 0 Å². The van der Waals surface area contributed by atoms with Crippen LogP contribution < -0.4 is 10.6 Å². The van der Waals surface area contributed by atoms with Crippen LogP contribution in [0.25, 0.3) is 0 Å². The normalized spacial score (nSPS) is 12.2. The Morgan fingerprint density at radius 1 is 0.577 bits per heavy atom. The van der Waals surface area contributed by atoms with Crippen molar-refractivity contribution < 1.29 is 4.79 Å². The number of urea groups is 1. The molecule has 0 heterocycles. The van der Waals surface area contributed by atoms with Crippen molar-refractivity contribution >= 4 is 22.2 Å². The fraction of sp³-hybridized carbons (Fsp3) is 0.952. The minimum Gasteiger partial charge on any atom is -0.338 e. The maximum Gasteiger partial charge on any atom is 0.314 e. The van der Waals surface area contributed by atoms with Crippen molar-refractivity contribution in [3.05, 3.63) is 0 Å². The summed E-state index contributed by atoms with van der Waals surface area (Å²) in [6.07, 6.45) is 4.80. The van der Waals surface area contributed by atoms with E-state index in [9.17, 15) is 4.79 Å². The van der Waals surface area contributed by atoms with Gasteiger partial charge in [-0.3, -0.25) is 0 Å². The van der Waals surface area contributed by atoms with Crippen molar-refractivity contribution in [3.8, 4) is 0 Å². The van der Waals surface area contributed by atoms with Crippen LogP contribution in [-0.4, -0.2) is 35.3 Å². The molecule has 0 aliphatic heterocycles. The highest BCUT2D eigenvalue weighted by Gasteiger charge is 2.26. The summed E-state index contributed by atoms with van der Waals surface area (Å²) in [5.74, 6) is 0. The fourth-order valence-electron chi connectivity index (χ4n) is 4.28. The topological polar surface area (TPSA) is 41.1 Å². The van der Waals surface area contributed by atoms with Gasteiger partial charge in [-0.05, 0) is 12.8 Å². The Morgan fingerprint density at radius 3 is 1.15 bits per heavy atom. The minimum absolute atomic E-state index is 0.0277. The van der Waals surface area contributed by atoms with Crippen molar-refractivity contribution in [2.75, 3.05) is 13.1 Å². The molecule has 0 aliphatic carbocycles. The summed E-state index contributed by atoms with van der Waals surface area (Å²) in [7, 11) is -1.95. The maximum absolute atomic E-state index is 11.9. The van der Waals surface area contributed by atoms with E-state index in [1.54, 1.807) is 0 Å². The Kier molecular flexibility index (Phi) is 14.6. The van der Waals surface area contributed by atoms with Crippen molar-refractivity contribution in [2.24, 2.45) is 0 Å². The summed E-state index contributed by atoms with van der Waals surface area (Å²) in [5.41, 5.74) is 0. The van der Waals surface area contributed by atoms with Crippen LogP contribution in [0.4, 0.5) is 4.79 Å². The van der Waals surface area contributed by atoms with Crippen molar-refractivity contribution in [1.29, 1.82) is 0 Å². The van der Waals surface area contributed by atoms with Crippen molar-refractivity contribution in [2.45, 2.75) is 116 Å². The predicted octanol–water partition coefficient (Wildman–Crippen LogP) is 6.86. The lowest BCUT2D eigenvalue weighted by Gasteiger charge is -2.28. The molecule has 2 N–H and O–H groups in total. The summed E-state index contributed by atoms with van der Waals surface area (Å²) in [4.78, 5) is 11.9. The molecule has 0 aromatic rings. The van der Waals surface area contributed by atoms with Gasteiger partial charge < -0.3 is 10.6 Å². The summed E-state index contributed by atoms with van der Waals surface area (Å²) in [6.45, 7) is 15.9. The summed E-state index contributed by atoms with van der Waals surface area (Å²) in [6, 6.07) is 11.3. The number of carbonyl (C=O) groups is 1. The zero-order valence-corrected chi connectivity index (χ0v) is 20.8. The average molecular weight is 401 g/mol. The molecule has 3 nitrogen and oxygen atoms in total. The zero-order chi connectivity index (χ0) is 19.9. The van der Waals surface area contributed by atoms with E-state index in [1.165, 1.54) is 61.2 Å². The summed E-state index contributed by atoms with van der Waals surface area (Å²) in [5, 5.41) is 6.08. The van der Waals surface area contributed by atoms with E-state index >= 15 is 0 Å². The Morgan fingerprint density at radius 2 is 0.885 bits per heavy atom. The van der Waals surface area contributed by atoms with Gasteiger partial charge in [0, 0.05) is 13.1 Å². The molecule has 0 bridgehead atoms. The van der Waals surface area contributed by atoms with Crippen LogP contribution in [0.3, 0.4) is 0 Å². The van der Waals surface area contributed by atoms with Gasteiger partial charge in [-0.1, -0.05) is 103 Å². The standard InChI is InChI=1S/C21H48N2OSi2/c1-7-25(8-2,9-3)19-15-13-17-22-21(24)23-18-14-16-20-26(10-4,11-5)12-6/h7-20H2,1-6H3,(H2,22,23,24). The van der Waals surface area contributed by atoms with Gasteiger partial charge >= 0.3 is 6.03 Å². The van der Waals surface area contributed by atoms with Gasteiger partial charge in [0.2, 0.25) is 0 Å². The highest BCUT2D eigenvalue weighted by molar-refractivity contribution is 6.80. The van der Waals surface area contributed by atoms with Crippen LogP contribution in [0.15, 0.2) is 0 Å². The lowest BCUT2D eigenvalue weighted by atomic mass is 10.3. The quantitative estimate of drug-likeness (QED) is 0.215. The Hall–Kier alpha value is -0.296. The third-order valence-corrected chi connectivity index (χ3v) is 19.2. The first-order valence-electron chi connectivity index (χ1n) is 11.5. The maximum atomic E-state index is 11.9. The number of nitrogens with one attached hydrogen (secondary N) is 2. The molecule has 0 rings (SSSR count). The lowest BCUT2D eigenvalue weighted by molar-refractivity contribution is 0.240. The molecule has 0 aromatic carbocycles. The first kappa shape index (κ1) is 25.7. The number of amides is 2. The fourth-order valence-corrected chi connectivity index (χ4v) is 11.4. The molecule has 0 saturated carbocycles. The largest absolute Gasteiger partial charge is 0.338 e. The van der Waals surface area contributed by atoms with E-state index in [0.717, 1.165) is 25.9 Å². The van der Waals surface area contributed by atoms with Gasteiger partial charge in [0.1, 0.15) is 0 Å². The number of hydrogen-bond donors (Lipinski definition) is 2. The Balaban J connectivity index is 3.76. The summed E-state index contributed by atoms with van der Waals surface area (Å²) < 4.78 is 0. The molecule has 5 heteroatoms. The molecule has 0 spiro atoms. The van der Waals surface area contributed by atoms with E-state index in [0.29, 0.717) is 0 Å². The van der Waals surface area contributed by atoms with Crippen molar-refractivity contribution in [1.82, 2.24) is 10.6 Å². The summed E-state index contributed by atoms with van der Waals surface area (Å²) >= 11 is 0. The zero-order valence-electron chi connectivity index (χ0n) is 18.8. The monoisotopic (exact) mass is 400 g/mol. The number of unbranched alkanes of at least 4 members (excludes halogenated alkanes) is 2. The molecular weight excluding hydrogens is 352 g/mol. The highest BCUT2D eigenvalue weighted by Crippen LogP contribution is 2.27. The number of rotatable bonds is 16. The SMILES string of the molecule is CC[Si](CC)(CC)CCCCNC(=O)NCCCC[Si](CC)(CC)CC.